The molecule has 0 atom stereocenters. The van der Waals surface area contributed by atoms with Gasteiger partial charge in [-0.1, -0.05) is 53.5 Å². The molecule has 0 aromatic heterocycles. The maximum Gasteiger partial charge on any atom is 0.244 e. The molecule has 0 saturated carbocycles. The van der Waals surface area contributed by atoms with Crippen molar-refractivity contribution in [2.24, 2.45) is 0 Å². The van der Waals surface area contributed by atoms with Crippen molar-refractivity contribution >= 4 is 33.2 Å². The maximum atomic E-state index is 12.2. The Morgan fingerprint density at radius 3 is 2.43 bits per heavy atom. The van der Waals surface area contributed by atoms with Gasteiger partial charge in [-0.25, -0.2) is 13.1 Å². The average Bonchev–Trinajstić information content (AvgIpc) is 2.43. The summed E-state index contributed by atoms with van der Waals surface area (Å²) in [5.41, 5.74) is 1.01. The molecule has 112 valence electrons. The van der Waals surface area contributed by atoms with E-state index in [9.17, 15) is 13.5 Å². The van der Waals surface area contributed by atoms with Crippen LogP contribution in [0, 0.1) is 0 Å². The molecule has 0 amide bonds. The predicted molar refractivity (Wildman–Crippen MR) is 83.5 cm³/mol. The molecule has 0 bridgehead atoms. The first-order chi connectivity index (χ1) is 9.90. The number of rotatable bonds is 5. The van der Waals surface area contributed by atoms with Crippen molar-refractivity contribution in [2.75, 3.05) is 6.54 Å². The molecule has 0 fully saturated rings. The first-order valence-electron chi connectivity index (χ1n) is 6.12. The Balaban J connectivity index is 2.12. The lowest BCUT2D eigenvalue weighted by Gasteiger charge is -2.10. The van der Waals surface area contributed by atoms with Crippen LogP contribution in [0.15, 0.2) is 47.4 Å². The second-order valence-electron chi connectivity index (χ2n) is 4.37. The third-order valence-corrected chi connectivity index (χ3v) is 4.81. The van der Waals surface area contributed by atoms with Crippen molar-refractivity contribution in [1.29, 1.82) is 0 Å². The van der Waals surface area contributed by atoms with E-state index in [1.807, 2.05) is 30.3 Å². The van der Waals surface area contributed by atoms with Gasteiger partial charge in [0.1, 0.15) is 4.90 Å². The van der Waals surface area contributed by atoms with E-state index in [1.165, 1.54) is 6.07 Å². The monoisotopic (exact) mass is 345 g/mol. The highest BCUT2D eigenvalue weighted by Gasteiger charge is 2.21. The summed E-state index contributed by atoms with van der Waals surface area (Å²) in [4.78, 5) is -0.326. The number of phenols is 1. The van der Waals surface area contributed by atoms with Crippen LogP contribution in [0.5, 0.6) is 5.75 Å². The smallest absolute Gasteiger partial charge is 0.244 e. The number of phenolic OH excluding ortho intramolecular Hbond substituents is 1. The molecule has 0 saturated heterocycles. The van der Waals surface area contributed by atoms with Gasteiger partial charge in [-0.15, -0.1) is 0 Å². The van der Waals surface area contributed by atoms with E-state index < -0.39 is 15.8 Å². The fourth-order valence-electron chi connectivity index (χ4n) is 1.80. The number of halogens is 2. The number of hydrogen-bond acceptors (Lipinski definition) is 3. The molecule has 2 aromatic carbocycles. The van der Waals surface area contributed by atoms with E-state index in [0.29, 0.717) is 6.42 Å². The van der Waals surface area contributed by atoms with Crippen molar-refractivity contribution in [1.82, 2.24) is 4.72 Å². The third kappa shape index (κ3) is 4.11. The van der Waals surface area contributed by atoms with Crippen LogP contribution in [-0.2, 0) is 16.4 Å². The Kier molecular flexibility index (Phi) is 5.11. The van der Waals surface area contributed by atoms with Crippen LogP contribution < -0.4 is 4.72 Å². The summed E-state index contributed by atoms with van der Waals surface area (Å²) >= 11 is 11.5. The third-order valence-electron chi connectivity index (χ3n) is 2.83. The van der Waals surface area contributed by atoms with Gasteiger partial charge in [0.15, 0.2) is 5.75 Å². The van der Waals surface area contributed by atoms with E-state index in [-0.39, 0.29) is 21.5 Å². The van der Waals surface area contributed by atoms with E-state index >= 15 is 0 Å². The van der Waals surface area contributed by atoms with Gasteiger partial charge in [-0.2, -0.15) is 0 Å². The zero-order valence-electron chi connectivity index (χ0n) is 10.9. The minimum atomic E-state index is -3.87. The van der Waals surface area contributed by atoms with E-state index in [0.717, 1.165) is 11.6 Å². The van der Waals surface area contributed by atoms with Crippen molar-refractivity contribution in [2.45, 2.75) is 11.3 Å². The number of nitrogens with one attached hydrogen (secondary N) is 1. The quantitative estimate of drug-likeness (QED) is 0.874. The zero-order valence-corrected chi connectivity index (χ0v) is 13.2. The molecule has 0 heterocycles. The molecular weight excluding hydrogens is 333 g/mol. The molecule has 0 aliphatic rings. The molecule has 0 spiro atoms. The summed E-state index contributed by atoms with van der Waals surface area (Å²) in [6, 6.07) is 11.9. The number of hydrogen-bond donors (Lipinski definition) is 2. The van der Waals surface area contributed by atoms with Gasteiger partial charge in [0.05, 0.1) is 5.02 Å². The summed E-state index contributed by atoms with van der Waals surface area (Å²) in [5.74, 6) is -0.506. The first-order valence-corrected chi connectivity index (χ1v) is 8.35. The summed E-state index contributed by atoms with van der Waals surface area (Å²) in [7, 11) is -3.87. The maximum absolute atomic E-state index is 12.2. The molecule has 0 unspecified atom stereocenters. The average molecular weight is 346 g/mol. The molecule has 2 N–H and O–H groups in total. The lowest BCUT2D eigenvalue weighted by molar-refractivity contribution is 0.458. The zero-order chi connectivity index (χ0) is 15.5. The van der Waals surface area contributed by atoms with Gasteiger partial charge < -0.3 is 5.11 Å². The highest BCUT2D eigenvalue weighted by atomic mass is 35.5. The van der Waals surface area contributed by atoms with Crippen molar-refractivity contribution in [3.05, 3.63) is 58.1 Å². The largest absolute Gasteiger partial charge is 0.505 e. The lowest BCUT2D eigenvalue weighted by Crippen LogP contribution is -2.26. The number of benzene rings is 2. The van der Waals surface area contributed by atoms with Crippen LogP contribution in [-0.4, -0.2) is 20.1 Å². The first kappa shape index (κ1) is 16.1. The second kappa shape index (κ2) is 6.66. The van der Waals surface area contributed by atoms with Crippen LogP contribution in [0.3, 0.4) is 0 Å². The molecule has 4 nitrogen and oxygen atoms in total. The second-order valence-corrected chi connectivity index (χ2v) is 6.95. The van der Waals surface area contributed by atoms with Gasteiger partial charge in [0.2, 0.25) is 10.0 Å². The molecule has 0 aliphatic heterocycles. The summed E-state index contributed by atoms with van der Waals surface area (Å²) in [5, 5.41) is 9.80. The van der Waals surface area contributed by atoms with Crippen molar-refractivity contribution in [3.8, 4) is 5.75 Å². The van der Waals surface area contributed by atoms with E-state index in [2.05, 4.69) is 4.72 Å². The molecular formula is C14H13Cl2NO3S. The number of aromatic hydroxyl groups is 1. The number of sulfonamides is 1. The fraction of sp³-hybridized carbons (Fsp3) is 0.143. The minimum Gasteiger partial charge on any atom is -0.505 e. The molecule has 2 rings (SSSR count). The van der Waals surface area contributed by atoms with Crippen LogP contribution in [0.4, 0.5) is 0 Å². The molecule has 7 heteroatoms. The fourth-order valence-corrected chi connectivity index (χ4v) is 3.59. The van der Waals surface area contributed by atoms with E-state index in [4.69, 9.17) is 23.2 Å². The summed E-state index contributed by atoms with van der Waals surface area (Å²) < 4.78 is 26.7. The molecule has 21 heavy (non-hydrogen) atoms. The lowest BCUT2D eigenvalue weighted by atomic mass is 10.2. The van der Waals surface area contributed by atoms with Gasteiger partial charge in [-0.3, -0.25) is 0 Å². The summed E-state index contributed by atoms with van der Waals surface area (Å²) in [6.45, 7) is 0.204. The van der Waals surface area contributed by atoms with Crippen LogP contribution in [0.25, 0.3) is 0 Å². The van der Waals surface area contributed by atoms with Crippen LogP contribution >= 0.6 is 23.2 Å². The Morgan fingerprint density at radius 2 is 1.76 bits per heavy atom. The molecule has 2 aromatic rings. The normalized spacial score (nSPS) is 11.5. The minimum absolute atomic E-state index is 0.106. The predicted octanol–water partition coefficient (Wildman–Crippen LogP) is 3.22. The van der Waals surface area contributed by atoms with Crippen LogP contribution in [0.2, 0.25) is 10.0 Å². The van der Waals surface area contributed by atoms with Crippen molar-refractivity contribution in [3.63, 3.8) is 0 Å². The highest BCUT2D eigenvalue weighted by Crippen LogP contribution is 2.33. The molecule has 0 aliphatic carbocycles. The topological polar surface area (TPSA) is 66.4 Å². The summed E-state index contributed by atoms with van der Waals surface area (Å²) in [6.07, 6.45) is 0.537. The molecule has 0 radical (unpaired) electrons. The Morgan fingerprint density at radius 1 is 1.10 bits per heavy atom. The van der Waals surface area contributed by atoms with Gasteiger partial charge in [0, 0.05) is 11.6 Å². The highest BCUT2D eigenvalue weighted by molar-refractivity contribution is 7.89. The SMILES string of the molecule is O=S(=O)(NCCc1ccccc1)c1cc(Cl)cc(Cl)c1O. The Hall–Kier alpha value is -1.27. The van der Waals surface area contributed by atoms with Crippen LogP contribution in [0.1, 0.15) is 5.56 Å². The van der Waals surface area contributed by atoms with Gasteiger partial charge in [-0.05, 0) is 24.1 Å². The van der Waals surface area contributed by atoms with Gasteiger partial charge >= 0.3 is 0 Å². The Labute approximate surface area is 133 Å². The Bertz CT molecular complexity index is 733. The standard InChI is InChI=1S/C14H13Cl2NO3S/c15-11-8-12(16)14(18)13(9-11)21(19,20)17-7-6-10-4-2-1-3-5-10/h1-5,8-9,17-18H,6-7H2. The van der Waals surface area contributed by atoms with Crippen molar-refractivity contribution < 1.29 is 13.5 Å². The van der Waals surface area contributed by atoms with Gasteiger partial charge in [0.25, 0.3) is 0 Å². The van der Waals surface area contributed by atoms with E-state index in [1.54, 1.807) is 0 Å².